The Morgan fingerprint density at radius 3 is 1.38 bits per heavy atom. The van der Waals surface area contributed by atoms with Gasteiger partial charge >= 0.3 is 0 Å². The topological polar surface area (TPSA) is 143 Å². The van der Waals surface area contributed by atoms with E-state index < -0.39 is 41.5 Å². The number of nitrogens with one attached hydrogen (secondary N) is 2. The summed E-state index contributed by atoms with van der Waals surface area (Å²) in [6, 6.07) is 26.5. The van der Waals surface area contributed by atoms with Gasteiger partial charge in [-0.3, -0.25) is 19.2 Å². The first-order valence-corrected chi connectivity index (χ1v) is 26.3. The Morgan fingerprint density at radius 1 is 0.562 bits per heavy atom. The first kappa shape index (κ1) is 44.2. The average molecular weight is 947 g/mol. The molecule has 0 unspecified atom stereocenters. The summed E-state index contributed by atoms with van der Waals surface area (Å²) in [7, 11) is -8.24. The zero-order valence-corrected chi connectivity index (χ0v) is 38.1. The number of nitrogens with zero attached hydrogens (tertiary/aromatic N) is 4. The van der Waals surface area contributed by atoms with Gasteiger partial charge in [-0.1, -0.05) is 73.5 Å². The van der Waals surface area contributed by atoms with Gasteiger partial charge < -0.3 is 9.47 Å². The van der Waals surface area contributed by atoms with E-state index in [-0.39, 0.29) is 35.8 Å². The Kier molecular flexibility index (Phi) is 13.3. The van der Waals surface area contributed by atoms with Crippen molar-refractivity contribution >= 4 is 54.4 Å². The van der Waals surface area contributed by atoms with E-state index in [2.05, 4.69) is 53.5 Å². The summed E-state index contributed by atoms with van der Waals surface area (Å²) in [6.45, 7) is 2.74. The number of benzene rings is 4. The van der Waals surface area contributed by atoms with Crippen LogP contribution in [0.3, 0.4) is 0 Å². The van der Waals surface area contributed by atoms with Crippen molar-refractivity contribution in [1.29, 1.82) is 0 Å². The van der Waals surface area contributed by atoms with E-state index in [1.54, 1.807) is 10.8 Å². The van der Waals surface area contributed by atoms with E-state index in [1.165, 1.54) is 69.1 Å². The Labute approximate surface area is 380 Å². The lowest BCUT2D eigenvalue weighted by atomic mass is 9.89. The van der Waals surface area contributed by atoms with Crippen LogP contribution in [0.5, 0.6) is 11.5 Å². The zero-order valence-electron chi connectivity index (χ0n) is 34.8. The van der Waals surface area contributed by atoms with Crippen molar-refractivity contribution in [3.8, 4) is 11.5 Å². The first-order valence-electron chi connectivity index (χ1n) is 21.4. The van der Waals surface area contributed by atoms with Crippen molar-refractivity contribution < 1.29 is 35.1 Å². The summed E-state index contributed by atoms with van der Waals surface area (Å²) in [5, 5.41) is 3.11. The molecule has 2 N–H and O–H groups in total. The van der Waals surface area contributed by atoms with Gasteiger partial charge in [0.05, 0.1) is 24.2 Å². The molecular formula is C46H48F2N6O6S4. The fourth-order valence-corrected chi connectivity index (χ4v) is 12.7. The van der Waals surface area contributed by atoms with Gasteiger partial charge in [-0.15, -0.1) is 22.7 Å². The number of thiazole rings is 2. The molecule has 0 amide bonds. The molecule has 4 atom stereocenters. The minimum atomic E-state index is -4.12. The molecule has 64 heavy (non-hydrogen) atoms. The Bertz CT molecular complexity index is 2560. The summed E-state index contributed by atoms with van der Waals surface area (Å²) in [5.41, 5.74) is 6.96. The van der Waals surface area contributed by atoms with Crippen LogP contribution in [0.1, 0.15) is 97.8 Å². The molecule has 12 nitrogen and oxygen atoms in total. The van der Waals surface area contributed by atoms with Crippen LogP contribution < -0.4 is 18.9 Å². The van der Waals surface area contributed by atoms with Gasteiger partial charge in [0.15, 0.2) is 11.6 Å². The molecule has 336 valence electrons. The molecule has 18 heteroatoms. The second kappa shape index (κ2) is 19.2. The maximum atomic E-state index is 15.2. The molecule has 0 saturated carbocycles. The number of piperidine rings is 2. The van der Waals surface area contributed by atoms with Crippen molar-refractivity contribution in [1.82, 2.24) is 19.8 Å². The second-order valence-corrected chi connectivity index (χ2v) is 21.0. The molecule has 4 aromatic carbocycles. The largest absolute Gasteiger partial charge is 0.493 e. The minimum absolute atomic E-state index is 0.0259. The smallest absolute Gasteiger partial charge is 0.266 e. The van der Waals surface area contributed by atoms with E-state index in [1.807, 2.05) is 36.4 Å². The van der Waals surface area contributed by atoms with Crippen LogP contribution in [-0.2, 0) is 20.0 Å². The van der Waals surface area contributed by atoms with Crippen molar-refractivity contribution in [2.75, 3.05) is 35.7 Å². The van der Waals surface area contributed by atoms with Gasteiger partial charge in [0.25, 0.3) is 20.0 Å². The van der Waals surface area contributed by atoms with E-state index >= 15 is 8.78 Å². The number of rotatable bonds is 10. The highest BCUT2D eigenvalue weighted by molar-refractivity contribution is 7.93. The number of likely N-dealkylation sites (tertiary alicyclic amines) is 2. The first-order chi connectivity index (χ1) is 31.1. The number of aromatic nitrogens is 2. The molecule has 0 spiro atoms. The molecule has 0 radical (unpaired) electrons. The molecule has 0 aliphatic carbocycles. The number of hydrogen-bond acceptors (Lipinski definition) is 12. The fourth-order valence-electron chi connectivity index (χ4n) is 9.48. The molecular weight excluding hydrogens is 899 g/mol. The molecule has 10 rings (SSSR count). The van der Waals surface area contributed by atoms with Gasteiger partial charge in [-0.25, -0.2) is 35.6 Å². The van der Waals surface area contributed by atoms with Crippen LogP contribution in [0.25, 0.3) is 0 Å². The Balaban J connectivity index is 0.000000162. The predicted molar refractivity (Wildman–Crippen MR) is 244 cm³/mol. The zero-order chi connectivity index (χ0) is 44.3. The Morgan fingerprint density at radius 2 is 0.984 bits per heavy atom. The molecule has 6 heterocycles. The lowest BCUT2D eigenvalue weighted by Crippen LogP contribution is -2.39. The van der Waals surface area contributed by atoms with E-state index in [4.69, 9.17) is 9.47 Å². The van der Waals surface area contributed by atoms with Crippen LogP contribution >= 0.6 is 22.7 Å². The third-order valence-electron chi connectivity index (χ3n) is 12.3. The molecule has 2 aromatic heterocycles. The number of fused-ring (bicyclic) bond motifs is 2. The monoisotopic (exact) mass is 946 g/mol. The number of anilines is 2. The van der Waals surface area contributed by atoms with Crippen LogP contribution in [-0.4, -0.2) is 62.9 Å². The third-order valence-corrected chi connectivity index (χ3v) is 16.2. The SMILES string of the molecule is O=S(=O)(Nc1cscn1)c1cc2c(cc1F)[C@@H](N1CCCC[C@H]1c1ccccc1)CCO2.O=S(=O)(Nc1cscn1)c1cc2c(cc1F)[C@H](N1CCCC[C@H]1c1ccccc1)CCO2. The normalized spacial score (nSPS) is 21.5. The molecule has 4 aliphatic heterocycles. The number of halogens is 2. The standard InChI is InChI=1S/2C23H24FN3O3S2/c2*24-18-12-17-20(27-10-5-4-8-19(27)16-6-2-1-3-7-16)9-11-30-21(17)13-22(18)32(28,29)26-23-14-31-15-25-23/h2*1-3,6-7,12-15,19-20,26H,4-5,8-11H2/t19-,20+;19-,20-/m00/s1. The highest BCUT2D eigenvalue weighted by Crippen LogP contribution is 2.46. The lowest BCUT2D eigenvalue weighted by Gasteiger charge is -2.43. The number of ether oxygens (including phenoxy) is 2. The van der Waals surface area contributed by atoms with E-state index in [9.17, 15) is 16.8 Å². The van der Waals surface area contributed by atoms with Gasteiger partial charge in [0.1, 0.15) is 32.9 Å². The highest BCUT2D eigenvalue weighted by atomic mass is 32.2. The molecule has 2 fully saturated rings. The maximum absolute atomic E-state index is 15.2. The summed E-state index contributed by atoms with van der Waals surface area (Å²) < 4.78 is 97.7. The number of hydrogen-bond donors (Lipinski definition) is 2. The molecule has 0 bridgehead atoms. The highest BCUT2D eigenvalue weighted by Gasteiger charge is 2.38. The molecule has 6 aromatic rings. The molecule has 4 aliphatic rings. The average Bonchev–Trinajstić information content (AvgIpc) is 4.03. The summed E-state index contributed by atoms with van der Waals surface area (Å²) in [5.74, 6) is -0.363. The van der Waals surface area contributed by atoms with Crippen molar-refractivity contribution in [2.45, 2.75) is 85.3 Å². The van der Waals surface area contributed by atoms with Crippen molar-refractivity contribution in [3.05, 3.63) is 141 Å². The van der Waals surface area contributed by atoms with E-state index in [0.29, 0.717) is 35.8 Å². The predicted octanol–water partition coefficient (Wildman–Crippen LogP) is 10.3. The van der Waals surface area contributed by atoms with Crippen LogP contribution in [0, 0.1) is 11.6 Å². The van der Waals surface area contributed by atoms with Crippen molar-refractivity contribution in [2.24, 2.45) is 0 Å². The quantitative estimate of drug-likeness (QED) is 0.136. The minimum Gasteiger partial charge on any atom is -0.493 e. The summed E-state index contributed by atoms with van der Waals surface area (Å²) >= 11 is 2.51. The second-order valence-electron chi connectivity index (χ2n) is 16.2. The van der Waals surface area contributed by atoms with Crippen molar-refractivity contribution in [3.63, 3.8) is 0 Å². The van der Waals surface area contributed by atoms with Gasteiger partial charge in [0, 0.05) is 71.0 Å². The van der Waals surface area contributed by atoms with Gasteiger partial charge in [-0.2, -0.15) is 0 Å². The lowest BCUT2D eigenvalue weighted by molar-refractivity contribution is 0.0665. The third kappa shape index (κ3) is 9.53. The van der Waals surface area contributed by atoms with Crippen LogP contribution in [0.15, 0.2) is 117 Å². The Hall–Kier alpha value is -4.98. The molecule has 2 saturated heterocycles. The summed E-state index contributed by atoms with van der Waals surface area (Å²) in [4.78, 5) is 11.9. The van der Waals surface area contributed by atoms with Gasteiger partial charge in [0.2, 0.25) is 0 Å². The van der Waals surface area contributed by atoms with Gasteiger partial charge in [-0.05, 0) is 62.0 Å². The van der Waals surface area contributed by atoms with E-state index in [0.717, 1.165) is 64.5 Å². The van der Waals surface area contributed by atoms with Crippen LogP contribution in [0.4, 0.5) is 20.4 Å². The van der Waals surface area contributed by atoms with Crippen LogP contribution in [0.2, 0.25) is 0 Å². The fraction of sp³-hybridized carbons (Fsp3) is 0.348. The number of sulfonamides is 2. The maximum Gasteiger partial charge on any atom is 0.266 e. The summed E-state index contributed by atoms with van der Waals surface area (Å²) in [6.07, 6.45) is 8.04.